The maximum atomic E-state index is 14.6. The van der Waals surface area contributed by atoms with Gasteiger partial charge >= 0.3 is 5.97 Å². The Morgan fingerprint density at radius 3 is 2.69 bits per heavy atom. The third-order valence-electron chi connectivity index (χ3n) is 10.2. The third-order valence-corrected chi connectivity index (χ3v) is 10.5. The number of carboxylic acids is 1. The van der Waals surface area contributed by atoms with Gasteiger partial charge in [-0.25, -0.2) is 9.18 Å². The Kier molecular flexibility index (Phi) is 7.95. The minimum Gasteiger partial charge on any atom is -0.493 e. The zero-order valence-corrected chi connectivity index (χ0v) is 25.2. The van der Waals surface area contributed by atoms with Crippen molar-refractivity contribution in [3.8, 4) is 5.75 Å². The smallest absolute Gasteiger partial charge is 0.329 e. The molecule has 0 amide bonds. The van der Waals surface area contributed by atoms with Gasteiger partial charge in [-0.2, -0.15) is 0 Å². The molecule has 3 aliphatic carbocycles. The number of fused-ring (bicyclic) bond motifs is 3. The fourth-order valence-corrected chi connectivity index (χ4v) is 8.20. The first-order valence-electron chi connectivity index (χ1n) is 15.3. The van der Waals surface area contributed by atoms with Gasteiger partial charge in [-0.1, -0.05) is 55.8 Å². The van der Waals surface area contributed by atoms with Gasteiger partial charge in [-0.15, -0.1) is 0 Å². The number of pyridine rings is 1. The summed E-state index contributed by atoms with van der Waals surface area (Å²) in [6.07, 6.45) is 6.61. The lowest BCUT2D eigenvalue weighted by Gasteiger charge is -2.47. The van der Waals surface area contributed by atoms with Gasteiger partial charge in [0.1, 0.15) is 17.5 Å². The Balaban J connectivity index is 1.19. The molecule has 1 heterocycles. The molecule has 4 atom stereocenters. The summed E-state index contributed by atoms with van der Waals surface area (Å²) in [5.41, 5.74) is 3.88. The van der Waals surface area contributed by atoms with Gasteiger partial charge in [0.15, 0.2) is 0 Å². The van der Waals surface area contributed by atoms with E-state index in [0.717, 1.165) is 49.1 Å². The molecule has 3 aliphatic rings. The molecule has 42 heavy (non-hydrogen) atoms. The number of anilines is 1. The lowest BCUT2D eigenvalue weighted by atomic mass is 9.59. The van der Waals surface area contributed by atoms with Crippen LogP contribution < -0.4 is 10.1 Å². The fraction of sp³-hybridized carbons (Fsp3) is 0.486. The van der Waals surface area contributed by atoms with Gasteiger partial charge < -0.3 is 15.2 Å². The molecule has 1 fully saturated rings. The monoisotopic (exact) mass is 590 g/mol. The molecular formula is C35H40ClFN2O3. The van der Waals surface area contributed by atoms with E-state index in [-0.39, 0.29) is 17.3 Å². The van der Waals surface area contributed by atoms with Crippen LogP contribution in [-0.2, 0) is 16.6 Å². The summed E-state index contributed by atoms with van der Waals surface area (Å²) < 4.78 is 21.0. The van der Waals surface area contributed by atoms with Crippen LogP contribution in [-0.4, -0.2) is 28.2 Å². The number of nitrogens with zero attached hydrogens (tertiary/aromatic N) is 1. The van der Waals surface area contributed by atoms with E-state index < -0.39 is 17.7 Å². The number of aromatic nitrogens is 1. The van der Waals surface area contributed by atoms with Crippen molar-refractivity contribution in [3.05, 3.63) is 88.2 Å². The summed E-state index contributed by atoms with van der Waals surface area (Å²) >= 11 is 6.21. The van der Waals surface area contributed by atoms with Crippen molar-refractivity contribution >= 4 is 23.3 Å². The molecule has 6 rings (SSSR count). The van der Waals surface area contributed by atoms with Gasteiger partial charge in [0, 0.05) is 22.5 Å². The van der Waals surface area contributed by atoms with Gasteiger partial charge in [0.2, 0.25) is 0 Å². The SMILES string of the molecule is C[C@@H](COc1ccnc2c1[C@H](C)CC[C@H]2F)C[C@H]1Cc2ccccc2C12CCC(Nc1cccc(Cl)c1)(C(=O)O)CC2. The highest BCUT2D eigenvalue weighted by Gasteiger charge is 2.54. The van der Waals surface area contributed by atoms with Crippen LogP contribution in [0.5, 0.6) is 5.75 Å². The van der Waals surface area contributed by atoms with E-state index >= 15 is 0 Å². The predicted molar refractivity (Wildman–Crippen MR) is 164 cm³/mol. The van der Waals surface area contributed by atoms with Crippen LogP contribution in [0.2, 0.25) is 5.02 Å². The maximum absolute atomic E-state index is 14.6. The molecule has 3 aromatic rings. The number of hydrogen-bond acceptors (Lipinski definition) is 4. The van der Waals surface area contributed by atoms with Crippen LogP contribution in [0.4, 0.5) is 10.1 Å². The van der Waals surface area contributed by atoms with Crippen LogP contribution in [0.25, 0.3) is 0 Å². The van der Waals surface area contributed by atoms with Crippen molar-refractivity contribution in [2.45, 2.75) is 88.3 Å². The molecule has 2 N–H and O–H groups in total. The predicted octanol–water partition coefficient (Wildman–Crippen LogP) is 8.67. The quantitative estimate of drug-likeness (QED) is 0.275. The average Bonchev–Trinajstić information content (AvgIpc) is 3.27. The Morgan fingerprint density at radius 1 is 1.14 bits per heavy atom. The number of rotatable bonds is 8. The van der Waals surface area contributed by atoms with Crippen LogP contribution in [0.3, 0.4) is 0 Å². The van der Waals surface area contributed by atoms with Crippen molar-refractivity contribution in [1.29, 1.82) is 0 Å². The van der Waals surface area contributed by atoms with Crippen LogP contribution >= 0.6 is 11.6 Å². The highest BCUT2D eigenvalue weighted by atomic mass is 35.5. The van der Waals surface area contributed by atoms with Crippen molar-refractivity contribution in [2.75, 3.05) is 11.9 Å². The summed E-state index contributed by atoms with van der Waals surface area (Å²) in [6.45, 7) is 4.92. The lowest BCUT2D eigenvalue weighted by Crippen LogP contribution is -2.53. The first kappa shape index (κ1) is 29.0. The number of halogens is 2. The van der Waals surface area contributed by atoms with Gasteiger partial charge in [-0.3, -0.25) is 4.98 Å². The molecule has 0 bridgehead atoms. The first-order valence-corrected chi connectivity index (χ1v) is 15.7. The molecule has 222 valence electrons. The van der Waals surface area contributed by atoms with Crippen molar-refractivity contribution < 1.29 is 19.0 Å². The number of carbonyl (C=O) groups is 1. The fourth-order valence-electron chi connectivity index (χ4n) is 8.01. The van der Waals surface area contributed by atoms with Crippen LogP contribution in [0, 0.1) is 11.8 Å². The third kappa shape index (κ3) is 5.27. The van der Waals surface area contributed by atoms with Crippen molar-refractivity contribution in [3.63, 3.8) is 0 Å². The topological polar surface area (TPSA) is 71.5 Å². The van der Waals surface area contributed by atoms with Crippen LogP contribution in [0.15, 0.2) is 60.8 Å². The Morgan fingerprint density at radius 2 is 1.93 bits per heavy atom. The van der Waals surface area contributed by atoms with Gasteiger partial charge in [-0.05, 0) is 110 Å². The first-order chi connectivity index (χ1) is 20.2. The average molecular weight is 591 g/mol. The second-order valence-corrected chi connectivity index (χ2v) is 13.4. The summed E-state index contributed by atoms with van der Waals surface area (Å²) in [5.74, 6) is 0.859. The molecule has 5 nitrogen and oxygen atoms in total. The normalized spacial score (nSPS) is 29.0. The van der Waals surface area contributed by atoms with E-state index in [1.54, 1.807) is 18.3 Å². The van der Waals surface area contributed by atoms with Gasteiger partial charge in [0.25, 0.3) is 0 Å². The van der Waals surface area contributed by atoms with E-state index in [9.17, 15) is 14.3 Å². The second-order valence-electron chi connectivity index (χ2n) is 12.9. The molecule has 0 unspecified atom stereocenters. The minimum absolute atomic E-state index is 0.0639. The van der Waals surface area contributed by atoms with E-state index in [4.69, 9.17) is 16.3 Å². The summed E-state index contributed by atoms with van der Waals surface area (Å²) in [4.78, 5) is 17.0. The molecule has 2 aromatic carbocycles. The number of carboxylic acid groups (broad SMARTS) is 1. The Bertz CT molecular complexity index is 1450. The second kappa shape index (κ2) is 11.5. The molecule has 1 saturated carbocycles. The van der Waals surface area contributed by atoms with E-state index in [0.29, 0.717) is 42.5 Å². The minimum atomic E-state index is -1.03. The maximum Gasteiger partial charge on any atom is 0.329 e. The Hall–Kier alpha value is -3.12. The number of benzene rings is 2. The molecular weight excluding hydrogens is 551 g/mol. The number of aliphatic carboxylic acids is 1. The number of alkyl halides is 1. The standard InChI is InChI=1S/C35H40ClFN2O3/c1-22(21-42-30-12-17-38-32-29(37)11-10-23(2)31(30)32)18-25-19-24-6-3-4-9-28(24)34(25)13-15-35(16-14-34,33(40)41)39-27-8-5-7-26(36)20-27/h3-9,12,17,20,22-23,25,29,39H,10-11,13-16,18-19,21H2,1-2H3,(H,40,41)/t22-,23-,25+,29-,34?,35?/m1/s1. The van der Waals surface area contributed by atoms with Crippen molar-refractivity contribution in [1.82, 2.24) is 4.98 Å². The summed E-state index contributed by atoms with van der Waals surface area (Å²) in [5, 5.41) is 14.4. The Labute approximate surface area is 252 Å². The highest BCUT2D eigenvalue weighted by Crippen LogP contribution is 2.56. The molecule has 0 radical (unpaired) electrons. The number of nitrogens with one attached hydrogen (secondary N) is 1. The summed E-state index contributed by atoms with van der Waals surface area (Å²) in [7, 11) is 0. The molecule has 7 heteroatoms. The number of ether oxygens (including phenoxy) is 1. The van der Waals surface area contributed by atoms with Crippen LogP contribution in [0.1, 0.15) is 93.3 Å². The van der Waals surface area contributed by atoms with Crippen molar-refractivity contribution in [2.24, 2.45) is 11.8 Å². The van der Waals surface area contributed by atoms with E-state index in [1.165, 1.54) is 11.1 Å². The zero-order chi connectivity index (χ0) is 29.5. The highest BCUT2D eigenvalue weighted by molar-refractivity contribution is 6.30. The largest absolute Gasteiger partial charge is 0.493 e. The summed E-state index contributed by atoms with van der Waals surface area (Å²) in [6, 6.07) is 17.9. The van der Waals surface area contributed by atoms with Gasteiger partial charge in [0.05, 0.1) is 12.3 Å². The molecule has 1 aromatic heterocycles. The molecule has 1 spiro atoms. The lowest BCUT2D eigenvalue weighted by molar-refractivity contribution is -0.144. The van der Waals surface area contributed by atoms with E-state index in [1.807, 2.05) is 18.2 Å². The molecule has 0 saturated heterocycles. The van der Waals surface area contributed by atoms with E-state index in [2.05, 4.69) is 48.4 Å². The molecule has 0 aliphatic heterocycles. The number of hydrogen-bond donors (Lipinski definition) is 2. The zero-order valence-electron chi connectivity index (χ0n) is 24.4.